The SMILES string of the molecule is CC(C)NCc1ccn(C2C3CC4CC(C3)CC2C4)n1. The fraction of sp³-hybridized carbons (Fsp3) is 0.824. The Labute approximate surface area is 122 Å². The van der Waals surface area contributed by atoms with Crippen molar-refractivity contribution in [3.63, 3.8) is 0 Å². The first-order chi connectivity index (χ1) is 9.69. The zero-order valence-corrected chi connectivity index (χ0v) is 12.8. The van der Waals surface area contributed by atoms with Gasteiger partial charge in [-0.25, -0.2) is 0 Å². The van der Waals surface area contributed by atoms with Crippen LogP contribution in [0, 0.1) is 23.7 Å². The monoisotopic (exact) mass is 273 g/mol. The summed E-state index contributed by atoms with van der Waals surface area (Å²) in [4.78, 5) is 0. The average molecular weight is 273 g/mol. The van der Waals surface area contributed by atoms with Crippen LogP contribution in [-0.2, 0) is 6.54 Å². The maximum atomic E-state index is 4.88. The fourth-order valence-corrected chi connectivity index (χ4v) is 5.27. The molecule has 0 unspecified atom stereocenters. The first-order valence-corrected chi connectivity index (χ1v) is 8.46. The molecule has 4 bridgehead atoms. The second-order valence-electron chi connectivity index (χ2n) is 7.74. The van der Waals surface area contributed by atoms with E-state index in [1.165, 1.54) is 37.8 Å². The second-order valence-corrected chi connectivity index (χ2v) is 7.74. The molecular weight excluding hydrogens is 246 g/mol. The van der Waals surface area contributed by atoms with E-state index in [9.17, 15) is 0 Å². The Hall–Kier alpha value is -0.830. The van der Waals surface area contributed by atoms with Gasteiger partial charge in [0.2, 0.25) is 0 Å². The minimum Gasteiger partial charge on any atom is -0.309 e. The summed E-state index contributed by atoms with van der Waals surface area (Å²) in [7, 11) is 0. The van der Waals surface area contributed by atoms with Gasteiger partial charge in [-0.05, 0) is 61.8 Å². The summed E-state index contributed by atoms with van der Waals surface area (Å²) in [6.07, 6.45) is 9.65. The van der Waals surface area contributed by atoms with E-state index >= 15 is 0 Å². The molecule has 4 saturated carbocycles. The van der Waals surface area contributed by atoms with E-state index < -0.39 is 0 Å². The highest BCUT2D eigenvalue weighted by Gasteiger charge is 2.49. The lowest BCUT2D eigenvalue weighted by Crippen LogP contribution is -2.46. The van der Waals surface area contributed by atoms with Gasteiger partial charge in [-0.1, -0.05) is 13.8 Å². The molecule has 0 saturated heterocycles. The zero-order chi connectivity index (χ0) is 13.7. The maximum absolute atomic E-state index is 4.88. The molecule has 20 heavy (non-hydrogen) atoms. The Balaban J connectivity index is 1.50. The average Bonchev–Trinajstić information content (AvgIpc) is 2.83. The molecule has 0 amide bonds. The van der Waals surface area contributed by atoms with Gasteiger partial charge in [-0.3, -0.25) is 4.68 Å². The maximum Gasteiger partial charge on any atom is 0.0762 e. The van der Waals surface area contributed by atoms with Crippen LogP contribution in [0.1, 0.15) is 57.7 Å². The largest absolute Gasteiger partial charge is 0.309 e. The summed E-state index contributed by atoms with van der Waals surface area (Å²) in [6, 6.07) is 3.44. The lowest BCUT2D eigenvalue weighted by Gasteiger charge is -2.54. The van der Waals surface area contributed by atoms with Crippen molar-refractivity contribution in [2.45, 2.75) is 64.6 Å². The summed E-state index contributed by atoms with van der Waals surface area (Å²) in [5.41, 5.74) is 1.20. The molecule has 3 nitrogen and oxygen atoms in total. The smallest absolute Gasteiger partial charge is 0.0762 e. The number of rotatable bonds is 4. The molecule has 3 heteroatoms. The fourth-order valence-electron chi connectivity index (χ4n) is 5.27. The van der Waals surface area contributed by atoms with Gasteiger partial charge in [-0.2, -0.15) is 5.10 Å². The summed E-state index contributed by atoms with van der Waals surface area (Å²) in [5, 5.41) is 8.35. The third kappa shape index (κ3) is 2.20. The molecule has 4 fully saturated rings. The minimum atomic E-state index is 0.529. The molecule has 110 valence electrons. The van der Waals surface area contributed by atoms with E-state index in [-0.39, 0.29) is 0 Å². The molecule has 1 aromatic heterocycles. The van der Waals surface area contributed by atoms with Crippen LogP contribution in [0.15, 0.2) is 12.3 Å². The molecule has 0 atom stereocenters. The van der Waals surface area contributed by atoms with Crippen molar-refractivity contribution in [2.75, 3.05) is 0 Å². The predicted molar refractivity (Wildman–Crippen MR) is 80.3 cm³/mol. The van der Waals surface area contributed by atoms with Crippen molar-refractivity contribution in [3.8, 4) is 0 Å². The number of hydrogen-bond acceptors (Lipinski definition) is 2. The highest BCUT2D eigenvalue weighted by molar-refractivity contribution is 5.05. The second kappa shape index (κ2) is 4.87. The van der Waals surface area contributed by atoms with Crippen LogP contribution < -0.4 is 5.32 Å². The lowest BCUT2D eigenvalue weighted by atomic mass is 9.54. The van der Waals surface area contributed by atoms with Crippen molar-refractivity contribution >= 4 is 0 Å². The quantitative estimate of drug-likeness (QED) is 0.911. The molecule has 0 aromatic carbocycles. The summed E-state index contributed by atoms with van der Waals surface area (Å²) in [6.45, 7) is 5.28. The molecule has 4 aliphatic carbocycles. The van der Waals surface area contributed by atoms with Gasteiger partial charge in [-0.15, -0.1) is 0 Å². The standard InChI is InChI=1S/C17H27N3/c1-11(2)18-10-16-3-4-20(19-16)17-14-6-12-5-13(8-14)9-15(17)7-12/h3-4,11-15,17-18H,5-10H2,1-2H3. The van der Waals surface area contributed by atoms with Crippen LogP contribution in [0.25, 0.3) is 0 Å². The van der Waals surface area contributed by atoms with E-state index in [1.807, 2.05) is 0 Å². The third-order valence-corrected chi connectivity index (χ3v) is 5.84. The normalized spacial score (nSPS) is 38.9. The van der Waals surface area contributed by atoms with Gasteiger partial charge < -0.3 is 5.32 Å². The molecule has 0 aliphatic heterocycles. The van der Waals surface area contributed by atoms with Crippen LogP contribution in [0.5, 0.6) is 0 Å². The molecule has 1 N–H and O–H groups in total. The van der Waals surface area contributed by atoms with Gasteiger partial charge >= 0.3 is 0 Å². The van der Waals surface area contributed by atoms with Gasteiger partial charge in [0.15, 0.2) is 0 Å². The van der Waals surface area contributed by atoms with Crippen LogP contribution in [-0.4, -0.2) is 15.8 Å². The van der Waals surface area contributed by atoms with Gasteiger partial charge in [0, 0.05) is 18.8 Å². The highest BCUT2D eigenvalue weighted by atomic mass is 15.3. The highest BCUT2D eigenvalue weighted by Crippen LogP contribution is 2.58. The molecule has 5 rings (SSSR count). The zero-order valence-electron chi connectivity index (χ0n) is 12.8. The van der Waals surface area contributed by atoms with Crippen molar-refractivity contribution in [3.05, 3.63) is 18.0 Å². The molecule has 0 spiro atoms. The van der Waals surface area contributed by atoms with E-state index in [1.54, 1.807) is 0 Å². The van der Waals surface area contributed by atoms with Crippen molar-refractivity contribution < 1.29 is 0 Å². The number of aromatic nitrogens is 2. The van der Waals surface area contributed by atoms with Crippen LogP contribution in [0.3, 0.4) is 0 Å². The van der Waals surface area contributed by atoms with Crippen LogP contribution in [0.4, 0.5) is 0 Å². The van der Waals surface area contributed by atoms with Gasteiger partial charge in [0.05, 0.1) is 11.7 Å². The van der Waals surface area contributed by atoms with Gasteiger partial charge in [0.25, 0.3) is 0 Å². The molecule has 0 radical (unpaired) electrons. The number of nitrogens with zero attached hydrogens (tertiary/aromatic N) is 2. The summed E-state index contributed by atoms with van der Waals surface area (Å²) >= 11 is 0. The number of hydrogen-bond donors (Lipinski definition) is 1. The Morgan fingerprint density at radius 3 is 2.40 bits per heavy atom. The Kier molecular flexibility index (Phi) is 3.13. The predicted octanol–water partition coefficient (Wildman–Crippen LogP) is 3.38. The topological polar surface area (TPSA) is 29.9 Å². The van der Waals surface area contributed by atoms with E-state index in [2.05, 4.69) is 36.1 Å². The molecule has 4 aliphatic rings. The first kappa shape index (κ1) is 12.9. The minimum absolute atomic E-state index is 0.529. The number of nitrogens with one attached hydrogen (secondary N) is 1. The molecule has 1 aromatic rings. The molecule has 1 heterocycles. The lowest BCUT2D eigenvalue weighted by molar-refractivity contribution is -0.0337. The molecular formula is C17H27N3. The van der Waals surface area contributed by atoms with Crippen molar-refractivity contribution in [2.24, 2.45) is 23.7 Å². The van der Waals surface area contributed by atoms with Crippen LogP contribution in [0.2, 0.25) is 0 Å². The Bertz CT molecular complexity index is 448. The van der Waals surface area contributed by atoms with E-state index in [0.717, 1.165) is 30.2 Å². The van der Waals surface area contributed by atoms with Crippen LogP contribution >= 0.6 is 0 Å². The summed E-state index contributed by atoms with van der Waals surface area (Å²) in [5.74, 6) is 3.92. The summed E-state index contributed by atoms with van der Waals surface area (Å²) < 4.78 is 2.32. The Morgan fingerprint density at radius 2 is 1.80 bits per heavy atom. The van der Waals surface area contributed by atoms with Crippen molar-refractivity contribution in [1.82, 2.24) is 15.1 Å². The van der Waals surface area contributed by atoms with Gasteiger partial charge in [0.1, 0.15) is 0 Å². The first-order valence-electron chi connectivity index (χ1n) is 8.46. The Morgan fingerprint density at radius 1 is 1.15 bits per heavy atom. The third-order valence-electron chi connectivity index (χ3n) is 5.84. The van der Waals surface area contributed by atoms with E-state index in [0.29, 0.717) is 12.1 Å². The van der Waals surface area contributed by atoms with E-state index in [4.69, 9.17) is 5.10 Å². The van der Waals surface area contributed by atoms with Crippen molar-refractivity contribution in [1.29, 1.82) is 0 Å².